The minimum Gasteiger partial charge on any atom is -0.493 e. The van der Waals surface area contributed by atoms with Gasteiger partial charge in [-0.25, -0.2) is 4.98 Å². The molecule has 0 fully saturated rings. The van der Waals surface area contributed by atoms with Crippen molar-refractivity contribution < 1.29 is 14.3 Å². The van der Waals surface area contributed by atoms with Crippen molar-refractivity contribution in [2.24, 2.45) is 0 Å². The van der Waals surface area contributed by atoms with Crippen LogP contribution in [-0.4, -0.2) is 41.6 Å². The van der Waals surface area contributed by atoms with Gasteiger partial charge < -0.3 is 25.1 Å². The number of nitrogens with one attached hydrogen (secondary N) is 3. The standard InChI is InChI=1S/C23H20ClN5O3/c1-31-17-7-6-15-19(29-17)12(8-10-25-15)20-21(18-14(27-20)9-11-26-23(18)30)28-16-5-3-4-13(24)22(16)32-2/h3-8,10,27-28H,9,11H2,1-2H3,(H,26,30). The fourth-order valence-corrected chi connectivity index (χ4v) is 4.23. The molecule has 0 spiro atoms. The van der Waals surface area contributed by atoms with Crippen molar-refractivity contribution in [3.8, 4) is 22.9 Å². The van der Waals surface area contributed by atoms with Crippen molar-refractivity contribution in [1.82, 2.24) is 20.3 Å². The predicted octanol–water partition coefficient (Wildman–Crippen LogP) is 4.33. The summed E-state index contributed by atoms with van der Waals surface area (Å²) in [6.07, 6.45) is 2.40. The summed E-state index contributed by atoms with van der Waals surface area (Å²) in [5.41, 5.74) is 5.56. The molecule has 1 aromatic carbocycles. The van der Waals surface area contributed by atoms with Crippen LogP contribution in [0.3, 0.4) is 0 Å². The fourth-order valence-electron chi connectivity index (χ4n) is 3.98. The summed E-state index contributed by atoms with van der Waals surface area (Å²) in [6, 6.07) is 10.9. The number of methoxy groups -OCH3 is 2. The van der Waals surface area contributed by atoms with E-state index in [0.717, 1.165) is 17.0 Å². The third kappa shape index (κ3) is 3.29. The van der Waals surface area contributed by atoms with Gasteiger partial charge in [0, 0.05) is 36.5 Å². The molecule has 0 atom stereocenters. The Morgan fingerprint density at radius 3 is 2.81 bits per heavy atom. The zero-order valence-corrected chi connectivity index (χ0v) is 18.2. The first kappa shape index (κ1) is 20.1. The van der Waals surface area contributed by atoms with Crippen LogP contribution < -0.4 is 20.1 Å². The summed E-state index contributed by atoms with van der Waals surface area (Å²) < 4.78 is 10.8. The molecule has 1 amide bonds. The molecule has 0 saturated carbocycles. The van der Waals surface area contributed by atoms with Gasteiger partial charge in [-0.3, -0.25) is 9.78 Å². The first-order valence-electron chi connectivity index (χ1n) is 10.0. The molecule has 0 saturated heterocycles. The van der Waals surface area contributed by atoms with Crippen LogP contribution in [-0.2, 0) is 6.42 Å². The number of fused-ring (bicyclic) bond motifs is 2. The number of aromatic nitrogens is 3. The van der Waals surface area contributed by atoms with Crippen LogP contribution in [0.1, 0.15) is 16.1 Å². The number of aromatic amines is 1. The van der Waals surface area contributed by atoms with Crippen LogP contribution in [0.25, 0.3) is 22.3 Å². The van der Waals surface area contributed by atoms with Crippen molar-refractivity contribution in [1.29, 1.82) is 0 Å². The number of carbonyl (C=O) groups is 1. The first-order chi connectivity index (χ1) is 15.6. The maximum absolute atomic E-state index is 12.9. The summed E-state index contributed by atoms with van der Waals surface area (Å²) in [6.45, 7) is 0.564. The van der Waals surface area contributed by atoms with Crippen molar-refractivity contribution >= 4 is 39.9 Å². The summed E-state index contributed by atoms with van der Waals surface area (Å²) >= 11 is 6.33. The Hall–Kier alpha value is -3.78. The Kier molecular flexibility index (Phi) is 5.07. The molecule has 1 aliphatic heterocycles. The lowest BCUT2D eigenvalue weighted by molar-refractivity contribution is 0.0947. The summed E-state index contributed by atoms with van der Waals surface area (Å²) in [5.74, 6) is 0.818. The first-order valence-corrected chi connectivity index (χ1v) is 10.4. The van der Waals surface area contributed by atoms with Gasteiger partial charge in [-0.1, -0.05) is 17.7 Å². The molecule has 3 aromatic heterocycles. The van der Waals surface area contributed by atoms with Crippen LogP contribution in [0.4, 0.5) is 11.4 Å². The lowest BCUT2D eigenvalue weighted by atomic mass is 10.0. The molecule has 8 nitrogen and oxygen atoms in total. The van der Waals surface area contributed by atoms with E-state index in [0.29, 0.717) is 57.6 Å². The highest BCUT2D eigenvalue weighted by Gasteiger charge is 2.28. The molecule has 32 heavy (non-hydrogen) atoms. The van der Waals surface area contributed by atoms with Gasteiger partial charge in [0.05, 0.1) is 47.4 Å². The molecule has 1 aliphatic rings. The highest BCUT2D eigenvalue weighted by atomic mass is 35.5. The number of nitrogens with zero attached hydrogens (tertiary/aromatic N) is 2. The van der Waals surface area contributed by atoms with E-state index in [9.17, 15) is 4.79 Å². The van der Waals surface area contributed by atoms with Crippen molar-refractivity contribution in [2.75, 3.05) is 26.1 Å². The number of hydrogen-bond donors (Lipinski definition) is 3. The summed E-state index contributed by atoms with van der Waals surface area (Å²) in [4.78, 5) is 25.3. The lowest BCUT2D eigenvalue weighted by Crippen LogP contribution is -2.31. The zero-order valence-electron chi connectivity index (χ0n) is 17.5. The number of pyridine rings is 2. The third-order valence-electron chi connectivity index (χ3n) is 5.43. The summed E-state index contributed by atoms with van der Waals surface area (Å²) in [7, 11) is 3.12. The van der Waals surface area contributed by atoms with Gasteiger partial charge in [-0.15, -0.1) is 0 Å². The van der Waals surface area contributed by atoms with Gasteiger partial charge in [-0.05, 0) is 24.3 Å². The minimum absolute atomic E-state index is 0.152. The van der Waals surface area contributed by atoms with Crippen LogP contribution in [0.15, 0.2) is 42.6 Å². The fraction of sp³-hybridized carbons (Fsp3) is 0.174. The molecule has 0 aliphatic carbocycles. The monoisotopic (exact) mass is 449 g/mol. The second-order valence-electron chi connectivity index (χ2n) is 7.26. The van der Waals surface area contributed by atoms with E-state index in [1.807, 2.05) is 24.3 Å². The molecule has 9 heteroatoms. The quantitative estimate of drug-likeness (QED) is 0.419. The van der Waals surface area contributed by atoms with E-state index in [4.69, 9.17) is 21.1 Å². The predicted molar refractivity (Wildman–Crippen MR) is 123 cm³/mol. The van der Waals surface area contributed by atoms with Crippen molar-refractivity contribution in [3.63, 3.8) is 0 Å². The summed E-state index contributed by atoms with van der Waals surface area (Å²) in [5, 5.41) is 6.77. The Labute approximate surface area is 188 Å². The highest BCUT2D eigenvalue weighted by molar-refractivity contribution is 6.32. The average Bonchev–Trinajstić information content (AvgIpc) is 3.17. The maximum atomic E-state index is 12.9. The van der Waals surface area contributed by atoms with Crippen LogP contribution in [0.2, 0.25) is 5.02 Å². The number of rotatable bonds is 5. The number of halogens is 1. The number of carbonyl (C=O) groups excluding carboxylic acids is 1. The molecule has 0 radical (unpaired) electrons. The van der Waals surface area contributed by atoms with Crippen LogP contribution >= 0.6 is 11.6 Å². The lowest BCUT2D eigenvalue weighted by Gasteiger charge is -2.17. The second kappa shape index (κ2) is 8.05. The third-order valence-corrected chi connectivity index (χ3v) is 5.73. The number of anilines is 2. The zero-order chi connectivity index (χ0) is 22.2. The number of ether oxygens (including phenoxy) is 2. The number of H-pyrrole nitrogens is 1. The van der Waals surface area contributed by atoms with Crippen molar-refractivity contribution in [3.05, 3.63) is 58.9 Å². The van der Waals surface area contributed by atoms with Gasteiger partial charge >= 0.3 is 0 Å². The van der Waals surface area contributed by atoms with E-state index < -0.39 is 0 Å². The van der Waals surface area contributed by atoms with Gasteiger partial charge in [0.1, 0.15) is 5.52 Å². The number of amides is 1. The maximum Gasteiger partial charge on any atom is 0.255 e. The van der Waals surface area contributed by atoms with E-state index in [1.54, 1.807) is 32.5 Å². The smallest absolute Gasteiger partial charge is 0.255 e. The SMILES string of the molecule is COc1ccc2nccc(-c3[nH]c4c(c3Nc3cccc(Cl)c3OC)C(=O)NCC4)c2n1. The van der Waals surface area contributed by atoms with Crippen LogP contribution in [0, 0.1) is 0 Å². The van der Waals surface area contributed by atoms with E-state index in [2.05, 4.69) is 25.6 Å². The molecule has 5 rings (SSSR count). The molecular formula is C23H20ClN5O3. The minimum atomic E-state index is -0.152. The van der Waals surface area contributed by atoms with Gasteiger partial charge in [0.2, 0.25) is 5.88 Å². The molecule has 0 bridgehead atoms. The van der Waals surface area contributed by atoms with Crippen LogP contribution in [0.5, 0.6) is 11.6 Å². The molecule has 162 valence electrons. The Morgan fingerprint density at radius 2 is 2.00 bits per heavy atom. The second-order valence-corrected chi connectivity index (χ2v) is 7.67. The number of benzene rings is 1. The Balaban J connectivity index is 1.76. The molecule has 4 aromatic rings. The Bertz CT molecular complexity index is 1350. The molecule has 4 heterocycles. The molecular weight excluding hydrogens is 430 g/mol. The topological polar surface area (TPSA) is 101 Å². The van der Waals surface area contributed by atoms with E-state index in [1.165, 1.54) is 0 Å². The highest BCUT2D eigenvalue weighted by Crippen LogP contribution is 2.42. The van der Waals surface area contributed by atoms with Gasteiger partial charge in [0.25, 0.3) is 5.91 Å². The Morgan fingerprint density at radius 1 is 1.12 bits per heavy atom. The van der Waals surface area contributed by atoms with E-state index >= 15 is 0 Å². The van der Waals surface area contributed by atoms with Crippen molar-refractivity contribution in [2.45, 2.75) is 6.42 Å². The number of para-hydroxylation sites is 1. The van der Waals surface area contributed by atoms with Gasteiger partial charge in [0.15, 0.2) is 5.75 Å². The van der Waals surface area contributed by atoms with E-state index in [-0.39, 0.29) is 5.91 Å². The molecule has 3 N–H and O–H groups in total. The largest absolute Gasteiger partial charge is 0.493 e. The van der Waals surface area contributed by atoms with Gasteiger partial charge in [-0.2, -0.15) is 0 Å². The molecule has 0 unspecified atom stereocenters. The average molecular weight is 450 g/mol. The number of hydrogen-bond acceptors (Lipinski definition) is 6. The normalized spacial score (nSPS) is 12.9.